The summed E-state index contributed by atoms with van der Waals surface area (Å²) in [6.07, 6.45) is 3.32. The van der Waals surface area contributed by atoms with Crippen molar-refractivity contribution in [3.63, 3.8) is 0 Å². The Morgan fingerprint density at radius 2 is 1.64 bits per heavy atom. The molecule has 0 unspecified atom stereocenters. The van der Waals surface area contributed by atoms with Crippen molar-refractivity contribution in [2.45, 2.75) is 20.4 Å². The van der Waals surface area contributed by atoms with Crippen molar-refractivity contribution in [2.75, 3.05) is 41.3 Å². The summed E-state index contributed by atoms with van der Waals surface area (Å²) in [5.74, 6) is 0.732. The van der Waals surface area contributed by atoms with Crippen LogP contribution in [0.4, 0.5) is 17.2 Å². The van der Waals surface area contributed by atoms with Gasteiger partial charge in [-0.05, 0) is 49.2 Å². The van der Waals surface area contributed by atoms with E-state index < -0.39 is 0 Å². The SMILES string of the molecule is Cc1cc(C)cc(NC(=O)Cn2ncc3c(N4CCN(c5ccccc5)CC4)ncnc32)c1. The number of fused-ring (bicyclic) bond motifs is 1. The first kappa shape index (κ1) is 20.9. The van der Waals surface area contributed by atoms with Crippen LogP contribution in [0.1, 0.15) is 11.1 Å². The van der Waals surface area contributed by atoms with Crippen molar-refractivity contribution in [3.8, 4) is 0 Å². The Bertz CT molecular complexity index is 1260. The van der Waals surface area contributed by atoms with Gasteiger partial charge in [-0.3, -0.25) is 4.79 Å². The number of rotatable bonds is 5. The van der Waals surface area contributed by atoms with Crippen molar-refractivity contribution in [1.29, 1.82) is 0 Å². The number of nitrogens with zero attached hydrogens (tertiary/aromatic N) is 6. The van der Waals surface area contributed by atoms with Crippen LogP contribution in [0.2, 0.25) is 0 Å². The van der Waals surface area contributed by atoms with Gasteiger partial charge in [0.25, 0.3) is 0 Å². The number of para-hydroxylation sites is 1. The minimum Gasteiger partial charge on any atom is -0.368 e. The lowest BCUT2D eigenvalue weighted by molar-refractivity contribution is -0.116. The third-order valence-corrected chi connectivity index (χ3v) is 5.91. The molecule has 1 aliphatic heterocycles. The van der Waals surface area contributed by atoms with Gasteiger partial charge in [0, 0.05) is 37.6 Å². The van der Waals surface area contributed by atoms with Gasteiger partial charge in [-0.15, -0.1) is 0 Å². The number of anilines is 3. The number of carbonyl (C=O) groups excluding carboxylic acids is 1. The summed E-state index contributed by atoms with van der Waals surface area (Å²) in [6, 6.07) is 16.5. The molecule has 4 aromatic rings. The number of carbonyl (C=O) groups is 1. The second-order valence-corrected chi connectivity index (χ2v) is 8.47. The lowest BCUT2D eigenvalue weighted by Crippen LogP contribution is -2.46. The molecule has 5 rings (SSSR count). The van der Waals surface area contributed by atoms with E-state index in [0.29, 0.717) is 5.65 Å². The summed E-state index contributed by atoms with van der Waals surface area (Å²) in [7, 11) is 0. The first-order valence-electron chi connectivity index (χ1n) is 11.2. The zero-order valence-corrected chi connectivity index (χ0v) is 18.9. The lowest BCUT2D eigenvalue weighted by atomic mass is 10.1. The van der Waals surface area contributed by atoms with Crippen molar-refractivity contribution < 1.29 is 4.79 Å². The Kier molecular flexibility index (Phi) is 5.64. The molecule has 0 saturated carbocycles. The van der Waals surface area contributed by atoms with E-state index in [1.807, 2.05) is 32.0 Å². The molecule has 1 saturated heterocycles. The van der Waals surface area contributed by atoms with Crippen LogP contribution >= 0.6 is 0 Å². The molecule has 0 radical (unpaired) electrons. The van der Waals surface area contributed by atoms with E-state index in [2.05, 4.69) is 60.5 Å². The van der Waals surface area contributed by atoms with Gasteiger partial charge >= 0.3 is 0 Å². The predicted molar refractivity (Wildman–Crippen MR) is 131 cm³/mol. The van der Waals surface area contributed by atoms with Crippen molar-refractivity contribution in [3.05, 3.63) is 72.2 Å². The van der Waals surface area contributed by atoms with Gasteiger partial charge < -0.3 is 15.1 Å². The largest absolute Gasteiger partial charge is 0.368 e. The molecule has 0 aliphatic carbocycles. The summed E-state index contributed by atoms with van der Waals surface area (Å²) in [4.78, 5) is 26.3. The van der Waals surface area contributed by atoms with Gasteiger partial charge in [-0.2, -0.15) is 5.10 Å². The van der Waals surface area contributed by atoms with Gasteiger partial charge in [0.1, 0.15) is 18.7 Å². The smallest absolute Gasteiger partial charge is 0.246 e. The van der Waals surface area contributed by atoms with Crippen LogP contribution in [0.25, 0.3) is 11.0 Å². The number of amides is 1. The van der Waals surface area contributed by atoms with Crippen LogP contribution in [0.15, 0.2) is 61.1 Å². The minimum absolute atomic E-state index is 0.0920. The van der Waals surface area contributed by atoms with Crippen molar-refractivity contribution in [1.82, 2.24) is 19.7 Å². The molecule has 2 aromatic carbocycles. The molecule has 33 heavy (non-hydrogen) atoms. The fraction of sp³-hybridized carbons (Fsp3) is 0.280. The van der Waals surface area contributed by atoms with Crippen LogP contribution in [0.3, 0.4) is 0 Å². The Morgan fingerprint density at radius 3 is 2.36 bits per heavy atom. The number of benzene rings is 2. The van der Waals surface area contributed by atoms with Crippen LogP contribution in [0.5, 0.6) is 0 Å². The van der Waals surface area contributed by atoms with Gasteiger partial charge in [0.2, 0.25) is 5.91 Å². The van der Waals surface area contributed by atoms with E-state index in [0.717, 1.165) is 54.2 Å². The number of aromatic nitrogens is 4. The first-order valence-corrected chi connectivity index (χ1v) is 11.2. The average molecular weight is 442 g/mol. The van der Waals surface area contributed by atoms with E-state index >= 15 is 0 Å². The topological polar surface area (TPSA) is 79.2 Å². The van der Waals surface area contributed by atoms with Crippen molar-refractivity contribution >= 4 is 34.1 Å². The van der Waals surface area contributed by atoms with Gasteiger partial charge in [0.05, 0.1) is 11.6 Å². The van der Waals surface area contributed by atoms with E-state index in [1.165, 1.54) is 5.69 Å². The maximum Gasteiger partial charge on any atom is 0.246 e. The maximum absolute atomic E-state index is 12.7. The highest BCUT2D eigenvalue weighted by molar-refractivity contribution is 5.92. The summed E-state index contributed by atoms with van der Waals surface area (Å²) in [5.41, 5.74) is 4.92. The average Bonchev–Trinajstić information content (AvgIpc) is 3.22. The molecule has 8 nitrogen and oxygen atoms in total. The van der Waals surface area contributed by atoms with Gasteiger partial charge in [-0.25, -0.2) is 14.6 Å². The zero-order chi connectivity index (χ0) is 22.8. The monoisotopic (exact) mass is 441 g/mol. The molecule has 0 bridgehead atoms. The molecule has 168 valence electrons. The molecular formula is C25H27N7O. The van der Waals surface area contributed by atoms with E-state index in [4.69, 9.17) is 0 Å². The minimum atomic E-state index is -0.137. The molecule has 1 aliphatic rings. The molecule has 2 aromatic heterocycles. The molecule has 1 amide bonds. The molecule has 3 heterocycles. The summed E-state index contributed by atoms with van der Waals surface area (Å²) in [6.45, 7) is 7.68. The molecule has 0 spiro atoms. The highest BCUT2D eigenvalue weighted by Crippen LogP contribution is 2.25. The molecule has 8 heteroatoms. The predicted octanol–water partition coefficient (Wildman–Crippen LogP) is 3.41. The Morgan fingerprint density at radius 1 is 0.939 bits per heavy atom. The second kappa shape index (κ2) is 8.90. The number of aryl methyl sites for hydroxylation is 2. The Hall–Kier alpha value is -3.94. The van der Waals surface area contributed by atoms with Gasteiger partial charge in [-0.1, -0.05) is 24.3 Å². The molecular weight excluding hydrogens is 414 g/mol. The third-order valence-electron chi connectivity index (χ3n) is 5.91. The highest BCUT2D eigenvalue weighted by Gasteiger charge is 2.22. The van der Waals surface area contributed by atoms with E-state index in [9.17, 15) is 4.79 Å². The standard InChI is InChI=1S/C25H27N7O/c1-18-12-19(2)14-20(13-18)29-23(33)16-32-25-22(15-28-32)24(26-17-27-25)31-10-8-30(9-11-31)21-6-4-3-5-7-21/h3-7,12-15,17H,8-11,16H2,1-2H3,(H,29,33). The Labute approximate surface area is 192 Å². The van der Waals surface area contributed by atoms with Crippen LogP contribution in [-0.2, 0) is 11.3 Å². The summed E-state index contributed by atoms with van der Waals surface area (Å²) < 4.78 is 1.64. The molecule has 1 fully saturated rings. The van der Waals surface area contributed by atoms with E-state index in [1.54, 1.807) is 17.2 Å². The molecule has 0 atom stereocenters. The van der Waals surface area contributed by atoms with E-state index in [-0.39, 0.29) is 12.5 Å². The number of hydrogen-bond donors (Lipinski definition) is 1. The number of piperazine rings is 1. The fourth-order valence-corrected chi connectivity index (χ4v) is 4.45. The Balaban J connectivity index is 1.30. The normalized spacial score (nSPS) is 14.0. The quantitative estimate of drug-likeness (QED) is 0.511. The third kappa shape index (κ3) is 4.50. The number of hydrogen-bond acceptors (Lipinski definition) is 6. The van der Waals surface area contributed by atoms with Crippen LogP contribution in [-0.4, -0.2) is 51.8 Å². The van der Waals surface area contributed by atoms with Crippen LogP contribution < -0.4 is 15.1 Å². The zero-order valence-electron chi connectivity index (χ0n) is 18.9. The van der Waals surface area contributed by atoms with Crippen LogP contribution in [0, 0.1) is 13.8 Å². The van der Waals surface area contributed by atoms with Crippen molar-refractivity contribution in [2.24, 2.45) is 0 Å². The first-order chi connectivity index (χ1) is 16.1. The second-order valence-electron chi connectivity index (χ2n) is 8.47. The summed E-state index contributed by atoms with van der Waals surface area (Å²) in [5, 5.41) is 8.28. The summed E-state index contributed by atoms with van der Waals surface area (Å²) >= 11 is 0. The lowest BCUT2D eigenvalue weighted by Gasteiger charge is -2.36. The fourth-order valence-electron chi connectivity index (χ4n) is 4.45. The highest BCUT2D eigenvalue weighted by atomic mass is 16.2. The maximum atomic E-state index is 12.7. The number of nitrogens with one attached hydrogen (secondary N) is 1. The van der Waals surface area contributed by atoms with Gasteiger partial charge in [0.15, 0.2) is 5.65 Å². The molecule has 1 N–H and O–H groups in total.